The van der Waals surface area contributed by atoms with Gasteiger partial charge in [-0.2, -0.15) is 0 Å². The van der Waals surface area contributed by atoms with E-state index in [2.05, 4.69) is 5.32 Å². The normalized spacial score (nSPS) is 16.3. The monoisotopic (exact) mass is 251 g/mol. The van der Waals surface area contributed by atoms with Crippen molar-refractivity contribution in [3.05, 3.63) is 28.3 Å². The Labute approximate surface area is 105 Å². The molecule has 0 atom stereocenters. The first-order valence-corrected chi connectivity index (χ1v) is 5.95. The molecule has 0 saturated heterocycles. The van der Waals surface area contributed by atoms with E-state index >= 15 is 0 Å². The van der Waals surface area contributed by atoms with Crippen LogP contribution in [-0.2, 0) is 0 Å². The summed E-state index contributed by atoms with van der Waals surface area (Å²) in [6, 6.07) is 4.42. The lowest BCUT2D eigenvalue weighted by molar-refractivity contribution is -0.384. The highest BCUT2D eigenvalue weighted by molar-refractivity contribution is 5.69. The van der Waals surface area contributed by atoms with Crippen molar-refractivity contribution in [2.45, 2.75) is 19.3 Å². The summed E-state index contributed by atoms with van der Waals surface area (Å²) in [5, 5.41) is 22.8. The largest absolute Gasteiger partial charge is 0.397 e. The van der Waals surface area contributed by atoms with Gasteiger partial charge in [0.2, 0.25) is 0 Å². The molecule has 6 heteroatoms. The van der Waals surface area contributed by atoms with Crippen LogP contribution in [0, 0.1) is 15.5 Å². The number of anilines is 2. The van der Waals surface area contributed by atoms with Gasteiger partial charge >= 0.3 is 0 Å². The van der Waals surface area contributed by atoms with Crippen LogP contribution in [0.2, 0.25) is 0 Å². The van der Waals surface area contributed by atoms with E-state index in [1.807, 2.05) is 0 Å². The molecule has 1 aliphatic carbocycles. The van der Waals surface area contributed by atoms with Gasteiger partial charge in [0.15, 0.2) is 0 Å². The number of benzene rings is 1. The Morgan fingerprint density at radius 1 is 1.50 bits per heavy atom. The lowest BCUT2D eigenvalue weighted by Gasteiger charge is -2.16. The number of hydrogen-bond donors (Lipinski definition) is 3. The third-order valence-corrected chi connectivity index (χ3v) is 3.50. The van der Waals surface area contributed by atoms with Crippen LogP contribution in [0.3, 0.4) is 0 Å². The zero-order chi connectivity index (χ0) is 13.2. The Morgan fingerprint density at radius 3 is 2.72 bits per heavy atom. The van der Waals surface area contributed by atoms with Crippen LogP contribution in [0.5, 0.6) is 0 Å². The summed E-state index contributed by atoms with van der Waals surface area (Å²) >= 11 is 0. The van der Waals surface area contributed by atoms with Gasteiger partial charge in [-0.3, -0.25) is 10.1 Å². The standard InChI is InChI=1S/C12H17N3O3/c13-10-7-9(15(17)18)1-2-11(10)14-8-12(3-4-12)5-6-16/h1-2,7,14,16H,3-6,8,13H2. The number of nitrogens with two attached hydrogens (primary N) is 1. The minimum absolute atomic E-state index is 0.00505. The van der Waals surface area contributed by atoms with Crippen LogP contribution in [0.4, 0.5) is 17.1 Å². The van der Waals surface area contributed by atoms with Crippen molar-refractivity contribution in [3.8, 4) is 0 Å². The molecule has 0 bridgehead atoms. The van der Waals surface area contributed by atoms with Crippen molar-refractivity contribution >= 4 is 17.1 Å². The lowest BCUT2D eigenvalue weighted by Crippen LogP contribution is -2.17. The molecule has 1 aromatic rings. The quantitative estimate of drug-likeness (QED) is 0.406. The highest BCUT2D eigenvalue weighted by Crippen LogP contribution is 2.48. The second kappa shape index (κ2) is 4.81. The van der Waals surface area contributed by atoms with Crippen LogP contribution >= 0.6 is 0 Å². The molecule has 4 N–H and O–H groups in total. The highest BCUT2D eigenvalue weighted by atomic mass is 16.6. The van der Waals surface area contributed by atoms with Crippen molar-refractivity contribution in [1.82, 2.24) is 0 Å². The molecule has 0 spiro atoms. The second-order valence-electron chi connectivity index (χ2n) is 4.86. The zero-order valence-corrected chi connectivity index (χ0v) is 10.1. The number of hydrogen-bond acceptors (Lipinski definition) is 5. The Balaban J connectivity index is 2.00. The Hall–Kier alpha value is -1.82. The molecular weight excluding hydrogens is 234 g/mol. The number of rotatable bonds is 6. The fourth-order valence-corrected chi connectivity index (χ4v) is 2.04. The molecular formula is C12H17N3O3. The third-order valence-electron chi connectivity index (χ3n) is 3.50. The number of nitro benzene ring substituents is 1. The van der Waals surface area contributed by atoms with Gasteiger partial charge in [0.25, 0.3) is 5.69 Å². The number of aliphatic hydroxyl groups excluding tert-OH is 1. The van der Waals surface area contributed by atoms with E-state index < -0.39 is 4.92 Å². The Bertz CT molecular complexity index is 458. The summed E-state index contributed by atoms with van der Waals surface area (Å²) in [5.41, 5.74) is 7.04. The maximum atomic E-state index is 10.6. The smallest absolute Gasteiger partial charge is 0.271 e. The van der Waals surface area contributed by atoms with E-state index in [0.717, 1.165) is 25.8 Å². The van der Waals surface area contributed by atoms with Crippen LogP contribution in [0.25, 0.3) is 0 Å². The summed E-state index contributed by atoms with van der Waals surface area (Å²) in [6.45, 7) is 0.937. The maximum Gasteiger partial charge on any atom is 0.271 e. The van der Waals surface area contributed by atoms with E-state index in [1.54, 1.807) is 6.07 Å². The third kappa shape index (κ3) is 2.70. The molecule has 0 unspecified atom stereocenters. The van der Waals surface area contributed by atoms with E-state index in [0.29, 0.717) is 11.4 Å². The number of aliphatic hydroxyl groups is 1. The number of non-ortho nitro benzene ring substituents is 1. The predicted octanol–water partition coefficient (Wildman–Crippen LogP) is 1.75. The minimum atomic E-state index is -0.464. The Morgan fingerprint density at radius 2 is 2.22 bits per heavy atom. The summed E-state index contributed by atoms with van der Waals surface area (Å²) in [7, 11) is 0. The van der Waals surface area contributed by atoms with Gasteiger partial charge in [0.1, 0.15) is 0 Å². The molecule has 0 aliphatic heterocycles. The first kappa shape index (κ1) is 12.6. The first-order chi connectivity index (χ1) is 8.56. The van der Waals surface area contributed by atoms with Gasteiger partial charge in [0, 0.05) is 25.3 Å². The molecule has 2 rings (SSSR count). The van der Waals surface area contributed by atoms with Gasteiger partial charge in [-0.15, -0.1) is 0 Å². The molecule has 0 amide bonds. The van der Waals surface area contributed by atoms with Crippen molar-refractivity contribution in [2.24, 2.45) is 5.41 Å². The maximum absolute atomic E-state index is 10.6. The molecule has 0 aromatic heterocycles. The zero-order valence-electron chi connectivity index (χ0n) is 10.1. The number of nitro groups is 1. The molecule has 1 fully saturated rings. The molecule has 1 aliphatic rings. The van der Waals surface area contributed by atoms with Crippen molar-refractivity contribution in [1.29, 1.82) is 0 Å². The number of nitrogen functional groups attached to an aromatic ring is 1. The average molecular weight is 251 g/mol. The lowest BCUT2D eigenvalue weighted by atomic mass is 10.0. The molecule has 6 nitrogen and oxygen atoms in total. The summed E-state index contributed by atoms with van der Waals surface area (Å²) in [5.74, 6) is 0. The van der Waals surface area contributed by atoms with Crippen LogP contribution < -0.4 is 11.1 Å². The van der Waals surface area contributed by atoms with Gasteiger partial charge in [-0.05, 0) is 30.7 Å². The molecule has 1 saturated carbocycles. The molecule has 0 radical (unpaired) electrons. The highest BCUT2D eigenvalue weighted by Gasteiger charge is 2.41. The van der Waals surface area contributed by atoms with Gasteiger partial charge in [0.05, 0.1) is 16.3 Å². The number of nitrogens with zero attached hydrogens (tertiary/aromatic N) is 1. The van der Waals surface area contributed by atoms with Gasteiger partial charge in [-0.25, -0.2) is 0 Å². The van der Waals surface area contributed by atoms with Crippen LogP contribution in [0.1, 0.15) is 19.3 Å². The average Bonchev–Trinajstić information content (AvgIpc) is 3.08. The van der Waals surface area contributed by atoms with Gasteiger partial charge in [-0.1, -0.05) is 0 Å². The fourth-order valence-electron chi connectivity index (χ4n) is 2.04. The summed E-state index contributed by atoms with van der Waals surface area (Å²) in [4.78, 5) is 10.1. The van der Waals surface area contributed by atoms with E-state index in [4.69, 9.17) is 10.8 Å². The molecule has 18 heavy (non-hydrogen) atoms. The predicted molar refractivity (Wildman–Crippen MR) is 69.4 cm³/mol. The fraction of sp³-hybridized carbons (Fsp3) is 0.500. The van der Waals surface area contributed by atoms with E-state index in [9.17, 15) is 10.1 Å². The van der Waals surface area contributed by atoms with Crippen molar-refractivity contribution in [3.63, 3.8) is 0 Å². The van der Waals surface area contributed by atoms with E-state index in [-0.39, 0.29) is 17.7 Å². The topological polar surface area (TPSA) is 101 Å². The SMILES string of the molecule is Nc1cc([N+](=O)[O-])ccc1NCC1(CCO)CC1. The van der Waals surface area contributed by atoms with Crippen molar-refractivity contribution in [2.75, 3.05) is 24.2 Å². The molecule has 0 heterocycles. The second-order valence-corrected chi connectivity index (χ2v) is 4.86. The minimum Gasteiger partial charge on any atom is -0.397 e. The summed E-state index contributed by atoms with van der Waals surface area (Å²) in [6.07, 6.45) is 2.99. The van der Waals surface area contributed by atoms with Gasteiger partial charge < -0.3 is 16.2 Å². The number of nitrogens with one attached hydrogen (secondary N) is 1. The Kier molecular flexibility index (Phi) is 3.38. The molecule has 98 valence electrons. The van der Waals surface area contributed by atoms with E-state index in [1.165, 1.54) is 12.1 Å². The van der Waals surface area contributed by atoms with Crippen molar-refractivity contribution < 1.29 is 10.0 Å². The summed E-state index contributed by atoms with van der Waals surface area (Å²) < 4.78 is 0. The van der Waals surface area contributed by atoms with Crippen LogP contribution in [0.15, 0.2) is 18.2 Å². The molecule has 1 aromatic carbocycles. The first-order valence-electron chi connectivity index (χ1n) is 5.95. The van der Waals surface area contributed by atoms with Crippen LogP contribution in [-0.4, -0.2) is 23.2 Å².